The zero-order chi connectivity index (χ0) is 25.9. The molecule has 6 nitrogen and oxygen atoms in total. The van der Waals surface area contributed by atoms with Crippen molar-refractivity contribution in [3.8, 4) is 23.0 Å². The Morgan fingerprint density at radius 3 is 2.38 bits per heavy atom. The third-order valence-corrected chi connectivity index (χ3v) is 6.11. The molecule has 1 N–H and O–H groups in total. The molecule has 1 heterocycles. The van der Waals surface area contributed by atoms with E-state index < -0.39 is 0 Å². The summed E-state index contributed by atoms with van der Waals surface area (Å²) in [7, 11) is 0. The number of hydrogen-bond acceptors (Lipinski definition) is 6. The van der Waals surface area contributed by atoms with Crippen LogP contribution in [0.1, 0.15) is 42.0 Å². The van der Waals surface area contributed by atoms with Gasteiger partial charge in [-0.1, -0.05) is 78.9 Å². The van der Waals surface area contributed by atoms with Gasteiger partial charge in [-0.2, -0.15) is 4.98 Å². The van der Waals surface area contributed by atoms with Crippen LogP contribution in [-0.4, -0.2) is 22.3 Å². The van der Waals surface area contributed by atoms with E-state index in [2.05, 4.69) is 46.5 Å². The lowest BCUT2D eigenvalue weighted by Gasteiger charge is -2.14. The standard InChI is InChI=1S/C31H33N3O3/c1-23(35)11-10-18-32-19-28-20-33-31(34-30(28)36-21-25-12-5-3-6-13-25)37-22-27-16-9-17-29(24(27)2)26-14-7-4-8-15-26/h3-9,12-17,20,32H,10-11,18-19,21-22H2,1-2H3. The zero-order valence-corrected chi connectivity index (χ0v) is 21.4. The molecule has 0 atom stereocenters. The first kappa shape index (κ1) is 26.0. The maximum Gasteiger partial charge on any atom is 0.320 e. The van der Waals surface area contributed by atoms with Gasteiger partial charge in [0.1, 0.15) is 19.0 Å². The fraction of sp³-hybridized carbons (Fsp3) is 0.258. The Labute approximate surface area is 218 Å². The van der Waals surface area contributed by atoms with Gasteiger partial charge in [0.15, 0.2) is 0 Å². The monoisotopic (exact) mass is 495 g/mol. The minimum Gasteiger partial charge on any atom is -0.472 e. The van der Waals surface area contributed by atoms with Gasteiger partial charge in [-0.3, -0.25) is 0 Å². The van der Waals surface area contributed by atoms with Crippen LogP contribution in [-0.2, 0) is 24.6 Å². The molecule has 0 aliphatic heterocycles. The predicted octanol–water partition coefficient (Wildman–Crippen LogP) is 6.07. The number of carbonyl (C=O) groups is 1. The second-order valence-corrected chi connectivity index (χ2v) is 8.98. The zero-order valence-electron chi connectivity index (χ0n) is 21.4. The number of hydrogen-bond donors (Lipinski definition) is 1. The normalized spacial score (nSPS) is 10.8. The van der Waals surface area contributed by atoms with Gasteiger partial charge in [-0.15, -0.1) is 0 Å². The molecule has 0 aliphatic carbocycles. The Morgan fingerprint density at radius 2 is 1.62 bits per heavy atom. The molecule has 37 heavy (non-hydrogen) atoms. The maximum atomic E-state index is 11.2. The molecule has 0 spiro atoms. The number of ketones is 1. The van der Waals surface area contributed by atoms with Crippen LogP contribution in [0.5, 0.6) is 11.9 Å². The number of benzene rings is 3. The second-order valence-electron chi connectivity index (χ2n) is 8.98. The molecule has 1 aromatic heterocycles. The topological polar surface area (TPSA) is 73.3 Å². The SMILES string of the molecule is CC(=O)CCCNCc1cnc(OCc2cccc(-c3ccccc3)c2C)nc1OCc1ccccc1. The van der Waals surface area contributed by atoms with Crippen LogP contribution in [0.3, 0.4) is 0 Å². The van der Waals surface area contributed by atoms with Crippen molar-refractivity contribution in [1.82, 2.24) is 15.3 Å². The highest BCUT2D eigenvalue weighted by molar-refractivity contribution is 5.75. The van der Waals surface area contributed by atoms with E-state index >= 15 is 0 Å². The Balaban J connectivity index is 1.46. The minimum atomic E-state index is 0.197. The fourth-order valence-electron chi connectivity index (χ4n) is 4.02. The minimum absolute atomic E-state index is 0.197. The molecule has 0 aliphatic rings. The third-order valence-electron chi connectivity index (χ3n) is 6.11. The average Bonchev–Trinajstić information content (AvgIpc) is 2.92. The Bertz CT molecular complexity index is 1290. The molecule has 6 heteroatoms. The number of rotatable bonds is 13. The highest BCUT2D eigenvalue weighted by Gasteiger charge is 2.12. The van der Waals surface area contributed by atoms with E-state index in [-0.39, 0.29) is 11.8 Å². The molecule has 0 fully saturated rings. The van der Waals surface area contributed by atoms with Crippen molar-refractivity contribution >= 4 is 5.78 Å². The molecule has 0 radical (unpaired) electrons. The number of nitrogens with one attached hydrogen (secondary N) is 1. The van der Waals surface area contributed by atoms with Crippen LogP contribution in [0.4, 0.5) is 0 Å². The van der Waals surface area contributed by atoms with E-state index in [1.54, 1.807) is 13.1 Å². The first-order valence-electron chi connectivity index (χ1n) is 12.6. The van der Waals surface area contributed by atoms with E-state index in [0.717, 1.165) is 29.7 Å². The van der Waals surface area contributed by atoms with Crippen molar-refractivity contribution in [2.24, 2.45) is 0 Å². The Kier molecular flexibility index (Phi) is 9.38. The lowest BCUT2D eigenvalue weighted by molar-refractivity contribution is -0.117. The van der Waals surface area contributed by atoms with Gasteiger partial charge in [-0.25, -0.2) is 4.98 Å². The van der Waals surface area contributed by atoms with Crippen molar-refractivity contribution in [3.63, 3.8) is 0 Å². The molecule has 190 valence electrons. The van der Waals surface area contributed by atoms with Crippen LogP contribution in [0.15, 0.2) is 85.1 Å². The van der Waals surface area contributed by atoms with Gasteiger partial charge in [0, 0.05) is 24.7 Å². The van der Waals surface area contributed by atoms with Crippen LogP contribution >= 0.6 is 0 Å². The van der Waals surface area contributed by atoms with E-state index in [1.807, 2.05) is 54.6 Å². The number of carbonyl (C=O) groups excluding carboxylic acids is 1. The lowest BCUT2D eigenvalue weighted by Crippen LogP contribution is -2.17. The summed E-state index contributed by atoms with van der Waals surface area (Å²) >= 11 is 0. The predicted molar refractivity (Wildman–Crippen MR) is 145 cm³/mol. The van der Waals surface area contributed by atoms with E-state index in [0.29, 0.717) is 32.1 Å². The smallest absolute Gasteiger partial charge is 0.320 e. The fourth-order valence-corrected chi connectivity index (χ4v) is 4.02. The van der Waals surface area contributed by atoms with Crippen LogP contribution in [0, 0.1) is 6.92 Å². The molecule has 0 saturated carbocycles. The first-order valence-corrected chi connectivity index (χ1v) is 12.6. The van der Waals surface area contributed by atoms with Crippen molar-refractivity contribution < 1.29 is 14.3 Å². The average molecular weight is 496 g/mol. The summed E-state index contributed by atoms with van der Waals surface area (Å²) < 4.78 is 12.1. The number of aromatic nitrogens is 2. The Hall–Kier alpha value is -4.03. The highest BCUT2D eigenvalue weighted by atomic mass is 16.5. The quantitative estimate of drug-likeness (QED) is 0.227. The van der Waals surface area contributed by atoms with E-state index in [9.17, 15) is 4.79 Å². The summed E-state index contributed by atoms with van der Waals surface area (Å²) in [5.74, 6) is 0.686. The molecular weight excluding hydrogens is 462 g/mol. The van der Waals surface area contributed by atoms with E-state index in [4.69, 9.17) is 9.47 Å². The number of nitrogens with zero attached hydrogens (tertiary/aromatic N) is 2. The molecular formula is C31H33N3O3. The maximum absolute atomic E-state index is 11.2. The van der Waals surface area contributed by atoms with Crippen molar-refractivity contribution in [3.05, 3.63) is 107 Å². The molecule has 0 amide bonds. The summed E-state index contributed by atoms with van der Waals surface area (Å²) in [6, 6.07) is 26.8. The largest absolute Gasteiger partial charge is 0.472 e. The second kappa shape index (κ2) is 13.3. The van der Waals surface area contributed by atoms with Crippen molar-refractivity contribution in [2.45, 2.75) is 46.4 Å². The van der Waals surface area contributed by atoms with E-state index in [1.165, 1.54) is 16.7 Å². The summed E-state index contributed by atoms with van der Waals surface area (Å²) in [6.07, 6.45) is 3.10. The first-order chi connectivity index (χ1) is 18.1. The van der Waals surface area contributed by atoms with Gasteiger partial charge < -0.3 is 19.6 Å². The van der Waals surface area contributed by atoms with Gasteiger partial charge in [0.25, 0.3) is 0 Å². The van der Waals surface area contributed by atoms with Crippen molar-refractivity contribution in [2.75, 3.05) is 6.54 Å². The summed E-state index contributed by atoms with van der Waals surface area (Å²) in [5.41, 5.74) is 6.50. The van der Waals surface area contributed by atoms with Gasteiger partial charge >= 0.3 is 6.01 Å². The van der Waals surface area contributed by atoms with Crippen LogP contribution < -0.4 is 14.8 Å². The molecule has 0 bridgehead atoms. The van der Waals surface area contributed by atoms with Crippen molar-refractivity contribution in [1.29, 1.82) is 0 Å². The third kappa shape index (κ3) is 7.72. The van der Waals surface area contributed by atoms with Crippen LogP contribution in [0.2, 0.25) is 0 Å². The highest BCUT2D eigenvalue weighted by Crippen LogP contribution is 2.26. The van der Waals surface area contributed by atoms with Gasteiger partial charge in [0.2, 0.25) is 5.88 Å². The molecule has 0 unspecified atom stereocenters. The Morgan fingerprint density at radius 1 is 0.865 bits per heavy atom. The number of Topliss-reactive ketones (excluding diaryl/α,β-unsaturated/α-hetero) is 1. The number of ether oxygens (including phenoxy) is 2. The lowest BCUT2D eigenvalue weighted by atomic mass is 9.97. The van der Waals surface area contributed by atoms with Gasteiger partial charge in [0.05, 0.1) is 0 Å². The summed E-state index contributed by atoms with van der Waals surface area (Å²) in [4.78, 5) is 20.2. The molecule has 3 aromatic carbocycles. The molecule has 0 saturated heterocycles. The van der Waals surface area contributed by atoms with Gasteiger partial charge in [-0.05, 0) is 54.6 Å². The van der Waals surface area contributed by atoms with Crippen LogP contribution in [0.25, 0.3) is 11.1 Å². The molecule has 4 rings (SSSR count). The summed E-state index contributed by atoms with van der Waals surface area (Å²) in [6.45, 7) is 5.74. The molecule has 4 aromatic rings. The summed E-state index contributed by atoms with van der Waals surface area (Å²) in [5, 5.41) is 3.35.